The van der Waals surface area contributed by atoms with Gasteiger partial charge in [-0.3, -0.25) is 5.10 Å². The van der Waals surface area contributed by atoms with Gasteiger partial charge >= 0.3 is 6.09 Å². The molecular formula is C25H29N7O2S. The van der Waals surface area contributed by atoms with Crippen LogP contribution in [0.4, 0.5) is 10.6 Å². The molecule has 182 valence electrons. The van der Waals surface area contributed by atoms with Crippen LogP contribution in [0.2, 0.25) is 0 Å². The normalized spacial score (nSPS) is 17.0. The van der Waals surface area contributed by atoms with E-state index in [1.54, 1.807) is 11.1 Å². The van der Waals surface area contributed by atoms with E-state index in [1.165, 1.54) is 11.8 Å². The third-order valence-corrected chi connectivity index (χ3v) is 7.22. The van der Waals surface area contributed by atoms with Crippen molar-refractivity contribution in [3.05, 3.63) is 29.5 Å². The molecule has 4 heterocycles. The van der Waals surface area contributed by atoms with Crippen LogP contribution in [0, 0.1) is 23.7 Å². The molecule has 2 aliphatic heterocycles. The molecule has 5 rings (SSSR count). The molecule has 9 nitrogen and oxygen atoms in total. The van der Waals surface area contributed by atoms with Gasteiger partial charge in [-0.1, -0.05) is 17.8 Å². The van der Waals surface area contributed by atoms with Gasteiger partial charge in [0.2, 0.25) is 0 Å². The summed E-state index contributed by atoms with van der Waals surface area (Å²) in [4.78, 5) is 26.0. The number of hydrogen-bond donors (Lipinski definition) is 1. The number of aromatic amines is 1. The number of aromatic nitrogens is 4. The quantitative estimate of drug-likeness (QED) is 0.425. The summed E-state index contributed by atoms with van der Waals surface area (Å²) in [6, 6.07) is 6.40. The van der Waals surface area contributed by atoms with Crippen LogP contribution in [0.3, 0.4) is 0 Å². The number of ether oxygens (including phenoxy) is 1. The van der Waals surface area contributed by atoms with E-state index in [-0.39, 0.29) is 11.5 Å². The van der Waals surface area contributed by atoms with E-state index in [0.717, 1.165) is 41.5 Å². The zero-order valence-electron chi connectivity index (χ0n) is 20.7. The lowest BCUT2D eigenvalue weighted by molar-refractivity contribution is -0.0266. The highest BCUT2D eigenvalue weighted by Gasteiger charge is 2.51. The van der Waals surface area contributed by atoms with Crippen molar-refractivity contribution in [1.82, 2.24) is 25.1 Å². The maximum atomic E-state index is 12.5. The van der Waals surface area contributed by atoms with Crippen molar-refractivity contribution in [2.24, 2.45) is 5.41 Å². The minimum atomic E-state index is -0.509. The van der Waals surface area contributed by atoms with Gasteiger partial charge in [0, 0.05) is 42.5 Å². The molecule has 2 saturated heterocycles. The van der Waals surface area contributed by atoms with E-state index in [0.29, 0.717) is 35.3 Å². The van der Waals surface area contributed by atoms with Gasteiger partial charge in [0.25, 0.3) is 0 Å². The molecule has 1 spiro atoms. The number of nitriles is 1. The van der Waals surface area contributed by atoms with E-state index in [4.69, 9.17) is 14.7 Å². The van der Waals surface area contributed by atoms with Gasteiger partial charge in [-0.25, -0.2) is 14.8 Å². The number of carbonyl (C=O) groups excluding carboxylic acids is 1. The Morgan fingerprint density at radius 2 is 2.03 bits per heavy atom. The summed E-state index contributed by atoms with van der Waals surface area (Å²) in [6.45, 7) is 10.5. The molecule has 3 aromatic rings. The molecule has 35 heavy (non-hydrogen) atoms. The number of thioether (sulfide) groups is 1. The Bertz CT molecular complexity index is 1350. The van der Waals surface area contributed by atoms with Gasteiger partial charge in [0.1, 0.15) is 17.2 Å². The van der Waals surface area contributed by atoms with Crippen LogP contribution in [0.1, 0.15) is 38.3 Å². The Labute approximate surface area is 208 Å². The highest BCUT2D eigenvalue weighted by Crippen LogP contribution is 2.43. The fourth-order valence-electron chi connectivity index (χ4n) is 5.07. The first-order chi connectivity index (χ1) is 16.6. The summed E-state index contributed by atoms with van der Waals surface area (Å²) < 4.78 is 5.53. The van der Waals surface area contributed by atoms with E-state index in [9.17, 15) is 10.1 Å². The van der Waals surface area contributed by atoms with Crippen molar-refractivity contribution in [1.29, 1.82) is 5.26 Å². The average molecular weight is 492 g/mol. The van der Waals surface area contributed by atoms with E-state index < -0.39 is 5.60 Å². The molecule has 0 atom stereocenters. The van der Waals surface area contributed by atoms with Gasteiger partial charge in [-0.05, 0) is 52.0 Å². The number of likely N-dealkylation sites (tertiary alicyclic amines) is 1. The maximum Gasteiger partial charge on any atom is 0.410 e. The summed E-state index contributed by atoms with van der Waals surface area (Å²) in [5.74, 6) is 0.661. The number of H-pyrrole nitrogens is 1. The minimum Gasteiger partial charge on any atom is -0.444 e. The van der Waals surface area contributed by atoms with E-state index in [1.807, 2.05) is 46.1 Å². The third kappa shape index (κ3) is 4.18. The Balaban J connectivity index is 1.47. The molecule has 1 aromatic carbocycles. The molecule has 1 amide bonds. The number of benzene rings is 1. The number of aryl methyl sites for hydroxylation is 1. The largest absolute Gasteiger partial charge is 0.444 e. The van der Waals surface area contributed by atoms with Crippen molar-refractivity contribution in [3.63, 3.8) is 0 Å². The predicted octanol–water partition coefficient (Wildman–Crippen LogP) is 4.37. The zero-order valence-corrected chi connectivity index (χ0v) is 21.5. The van der Waals surface area contributed by atoms with Crippen molar-refractivity contribution in [2.45, 2.75) is 44.9 Å². The average Bonchev–Trinajstić information content (AvgIpc) is 3.43. The maximum absolute atomic E-state index is 12.5. The van der Waals surface area contributed by atoms with Gasteiger partial charge in [-0.15, -0.1) is 0 Å². The van der Waals surface area contributed by atoms with Crippen LogP contribution in [-0.2, 0) is 4.74 Å². The third-order valence-electron chi connectivity index (χ3n) is 6.68. The summed E-state index contributed by atoms with van der Waals surface area (Å²) in [7, 11) is 0. The van der Waals surface area contributed by atoms with Gasteiger partial charge in [-0.2, -0.15) is 10.4 Å². The number of anilines is 1. The number of fused-ring (bicyclic) bond motifs is 1. The summed E-state index contributed by atoms with van der Waals surface area (Å²) in [5.41, 5.74) is 3.42. The standard InChI is InChI=1S/C25H29N7O2S/c1-15-6-7-18-17(11-27-30-18)19(15)20-16(10-26)21(29-22(28-20)35-5)31-9-8-25(12-31)13-32(14-25)23(33)34-24(2,3)4/h6-7,11H,8-9,12-14H2,1-5H3,(H,27,30). The fraction of sp³-hybridized carbons (Fsp3) is 0.480. The number of carbonyl (C=O) groups is 1. The molecule has 2 fully saturated rings. The molecule has 0 saturated carbocycles. The second-order valence-corrected chi connectivity index (χ2v) is 11.2. The Kier molecular flexibility index (Phi) is 5.63. The molecule has 2 aliphatic rings. The molecule has 0 bridgehead atoms. The number of nitrogens with one attached hydrogen (secondary N) is 1. The summed E-state index contributed by atoms with van der Waals surface area (Å²) in [6.07, 6.45) is 4.39. The molecule has 2 aromatic heterocycles. The lowest BCUT2D eigenvalue weighted by atomic mass is 9.79. The van der Waals surface area contributed by atoms with Gasteiger partial charge in [0.15, 0.2) is 11.0 Å². The fourth-order valence-corrected chi connectivity index (χ4v) is 5.43. The molecule has 0 radical (unpaired) electrons. The highest BCUT2D eigenvalue weighted by molar-refractivity contribution is 7.98. The van der Waals surface area contributed by atoms with Crippen LogP contribution in [0.15, 0.2) is 23.5 Å². The molecule has 0 aliphatic carbocycles. The summed E-state index contributed by atoms with van der Waals surface area (Å²) in [5, 5.41) is 19.0. The van der Waals surface area contributed by atoms with Gasteiger partial charge < -0.3 is 14.5 Å². The Morgan fingerprint density at radius 3 is 2.71 bits per heavy atom. The van der Waals surface area contributed by atoms with Crippen LogP contribution in [0.5, 0.6) is 0 Å². The highest BCUT2D eigenvalue weighted by atomic mass is 32.2. The smallest absolute Gasteiger partial charge is 0.410 e. The molecular weight excluding hydrogens is 462 g/mol. The topological polar surface area (TPSA) is 111 Å². The van der Waals surface area contributed by atoms with Gasteiger partial charge in [0.05, 0.1) is 17.4 Å². The first kappa shape index (κ1) is 23.4. The van der Waals surface area contributed by atoms with Crippen LogP contribution in [0.25, 0.3) is 22.2 Å². The SMILES string of the molecule is CSc1nc(-c2c(C)ccc3[nH]ncc23)c(C#N)c(N2CCC3(CN(C(=O)OC(C)(C)C)C3)C2)n1. The number of amides is 1. The zero-order chi connectivity index (χ0) is 25.0. The monoisotopic (exact) mass is 491 g/mol. The van der Waals surface area contributed by atoms with Crippen LogP contribution < -0.4 is 4.90 Å². The van der Waals surface area contributed by atoms with Crippen molar-refractivity contribution in [3.8, 4) is 17.3 Å². The van der Waals surface area contributed by atoms with Crippen molar-refractivity contribution < 1.29 is 9.53 Å². The first-order valence-corrected chi connectivity index (χ1v) is 12.9. The minimum absolute atomic E-state index is 0.00521. The lowest BCUT2D eigenvalue weighted by Gasteiger charge is -2.47. The Morgan fingerprint density at radius 1 is 1.26 bits per heavy atom. The molecule has 1 N–H and O–H groups in total. The first-order valence-electron chi connectivity index (χ1n) is 11.7. The van der Waals surface area contributed by atoms with Crippen molar-refractivity contribution >= 4 is 34.6 Å². The molecule has 0 unspecified atom stereocenters. The Hall–Kier alpha value is -3.32. The predicted molar refractivity (Wildman–Crippen MR) is 135 cm³/mol. The van der Waals surface area contributed by atoms with Crippen LogP contribution >= 0.6 is 11.8 Å². The number of rotatable bonds is 3. The van der Waals surface area contributed by atoms with E-state index in [2.05, 4.69) is 21.2 Å². The van der Waals surface area contributed by atoms with Crippen LogP contribution in [-0.4, -0.2) is 69.2 Å². The number of hydrogen-bond acceptors (Lipinski definition) is 8. The van der Waals surface area contributed by atoms with E-state index >= 15 is 0 Å². The summed E-state index contributed by atoms with van der Waals surface area (Å²) >= 11 is 1.46. The second-order valence-electron chi connectivity index (χ2n) is 10.5. The number of nitrogens with zero attached hydrogens (tertiary/aromatic N) is 6. The lowest BCUT2D eigenvalue weighted by Crippen LogP contribution is -2.60. The van der Waals surface area contributed by atoms with Crippen molar-refractivity contribution in [2.75, 3.05) is 37.3 Å². The molecule has 10 heteroatoms. The second kappa shape index (κ2) is 8.41.